The van der Waals surface area contributed by atoms with Gasteiger partial charge in [-0.2, -0.15) is 0 Å². The third kappa shape index (κ3) is 4.22. The number of anilines is 1. The van der Waals surface area contributed by atoms with E-state index in [4.69, 9.17) is 9.47 Å². The first-order chi connectivity index (χ1) is 11.4. The molecule has 7 nitrogen and oxygen atoms in total. The Morgan fingerprint density at radius 3 is 2.38 bits per heavy atom. The Morgan fingerprint density at radius 2 is 1.83 bits per heavy atom. The highest BCUT2D eigenvalue weighted by Gasteiger charge is 2.16. The monoisotopic (exact) mass is 330 g/mol. The highest BCUT2D eigenvalue weighted by molar-refractivity contribution is 6.04. The molecule has 0 aromatic heterocycles. The molecule has 126 valence electrons. The van der Waals surface area contributed by atoms with Gasteiger partial charge in [-0.1, -0.05) is 0 Å². The molecular formula is C17H18N2O5. The van der Waals surface area contributed by atoms with E-state index in [0.29, 0.717) is 17.0 Å². The first-order valence-corrected chi connectivity index (χ1v) is 7.31. The molecular weight excluding hydrogens is 312 g/mol. The topological polar surface area (TPSA) is 90.7 Å². The molecule has 0 atom stereocenters. The molecule has 0 heterocycles. The predicted molar refractivity (Wildman–Crippen MR) is 89.8 cm³/mol. The van der Waals surface area contributed by atoms with Gasteiger partial charge in [-0.25, -0.2) is 0 Å². The zero-order valence-electron chi connectivity index (χ0n) is 13.6. The molecule has 0 unspecified atom stereocenters. The van der Waals surface area contributed by atoms with E-state index in [0.717, 1.165) is 0 Å². The molecule has 1 N–H and O–H groups in total. The number of methoxy groups -OCH3 is 1. The number of nitrogens with zero attached hydrogens (tertiary/aromatic N) is 1. The van der Waals surface area contributed by atoms with Crippen LogP contribution in [0.25, 0.3) is 0 Å². The molecule has 0 spiro atoms. The number of carbonyl (C=O) groups excluding carboxylic acids is 1. The van der Waals surface area contributed by atoms with Crippen molar-refractivity contribution >= 4 is 17.3 Å². The second-order valence-corrected chi connectivity index (χ2v) is 5.29. The molecule has 1 amide bonds. The van der Waals surface area contributed by atoms with Crippen LogP contribution in [-0.2, 0) is 0 Å². The summed E-state index contributed by atoms with van der Waals surface area (Å²) in [5.74, 6) is 0.431. The number of nitrogens with one attached hydrogen (secondary N) is 1. The second-order valence-electron chi connectivity index (χ2n) is 5.29. The zero-order valence-corrected chi connectivity index (χ0v) is 13.6. The van der Waals surface area contributed by atoms with Gasteiger partial charge in [0.25, 0.3) is 5.91 Å². The van der Waals surface area contributed by atoms with E-state index in [9.17, 15) is 14.9 Å². The van der Waals surface area contributed by atoms with Gasteiger partial charge >= 0.3 is 5.69 Å². The molecule has 24 heavy (non-hydrogen) atoms. The third-order valence-electron chi connectivity index (χ3n) is 3.12. The highest BCUT2D eigenvalue weighted by Crippen LogP contribution is 2.29. The Morgan fingerprint density at radius 1 is 1.17 bits per heavy atom. The number of benzene rings is 2. The molecule has 0 saturated carbocycles. The van der Waals surface area contributed by atoms with Crippen LogP contribution in [0.3, 0.4) is 0 Å². The maximum absolute atomic E-state index is 12.2. The third-order valence-corrected chi connectivity index (χ3v) is 3.12. The van der Waals surface area contributed by atoms with Gasteiger partial charge in [0.1, 0.15) is 5.75 Å². The summed E-state index contributed by atoms with van der Waals surface area (Å²) in [6.07, 6.45) is 0.0459. The Labute approximate surface area is 139 Å². The fourth-order valence-electron chi connectivity index (χ4n) is 2.07. The number of amides is 1. The summed E-state index contributed by atoms with van der Waals surface area (Å²) in [7, 11) is 1.35. The largest absolute Gasteiger partial charge is 0.491 e. The number of nitro groups is 1. The SMILES string of the molecule is COc1ccc(NC(=O)c2ccc(OC(C)C)cc2)cc1[N+](=O)[O-]. The maximum atomic E-state index is 12.2. The van der Waals surface area contributed by atoms with Crippen molar-refractivity contribution in [3.8, 4) is 11.5 Å². The van der Waals surface area contributed by atoms with Crippen molar-refractivity contribution in [1.29, 1.82) is 0 Å². The second kappa shape index (κ2) is 7.45. The van der Waals surface area contributed by atoms with Crippen LogP contribution in [0, 0.1) is 10.1 Å². The zero-order chi connectivity index (χ0) is 17.7. The molecule has 0 aliphatic carbocycles. The Balaban J connectivity index is 2.14. The summed E-state index contributed by atoms with van der Waals surface area (Å²) < 4.78 is 10.4. The van der Waals surface area contributed by atoms with E-state index in [1.807, 2.05) is 13.8 Å². The minimum Gasteiger partial charge on any atom is -0.491 e. The van der Waals surface area contributed by atoms with Crippen LogP contribution in [0.5, 0.6) is 11.5 Å². The lowest BCUT2D eigenvalue weighted by Gasteiger charge is -2.10. The van der Waals surface area contributed by atoms with Crippen molar-refractivity contribution in [2.75, 3.05) is 12.4 Å². The molecule has 0 radical (unpaired) electrons. The Bertz CT molecular complexity index is 741. The predicted octanol–water partition coefficient (Wildman–Crippen LogP) is 3.64. The molecule has 2 aromatic carbocycles. The molecule has 0 bridgehead atoms. The van der Waals surface area contributed by atoms with Crippen molar-refractivity contribution in [3.05, 3.63) is 58.1 Å². The number of hydrogen-bond acceptors (Lipinski definition) is 5. The summed E-state index contributed by atoms with van der Waals surface area (Å²) in [6, 6.07) is 10.9. The van der Waals surface area contributed by atoms with Crippen LogP contribution in [0.2, 0.25) is 0 Å². The van der Waals surface area contributed by atoms with Crippen LogP contribution in [-0.4, -0.2) is 24.0 Å². The van der Waals surface area contributed by atoms with Crippen LogP contribution < -0.4 is 14.8 Å². The lowest BCUT2D eigenvalue weighted by molar-refractivity contribution is -0.385. The van der Waals surface area contributed by atoms with E-state index in [1.54, 1.807) is 30.3 Å². The van der Waals surface area contributed by atoms with Crippen molar-refractivity contribution in [3.63, 3.8) is 0 Å². The fourth-order valence-corrected chi connectivity index (χ4v) is 2.07. The fraction of sp³-hybridized carbons (Fsp3) is 0.235. The lowest BCUT2D eigenvalue weighted by Crippen LogP contribution is -2.12. The van der Waals surface area contributed by atoms with Gasteiger partial charge in [0.15, 0.2) is 5.75 Å². The van der Waals surface area contributed by atoms with Crippen LogP contribution in [0.1, 0.15) is 24.2 Å². The van der Waals surface area contributed by atoms with E-state index in [2.05, 4.69) is 5.32 Å². The van der Waals surface area contributed by atoms with Gasteiger partial charge in [0, 0.05) is 17.3 Å². The van der Waals surface area contributed by atoms with Gasteiger partial charge in [0.2, 0.25) is 0 Å². The summed E-state index contributed by atoms with van der Waals surface area (Å²) in [5, 5.41) is 13.6. The number of nitro benzene ring substituents is 1. The molecule has 2 aromatic rings. The van der Waals surface area contributed by atoms with Crippen molar-refractivity contribution in [2.45, 2.75) is 20.0 Å². The van der Waals surface area contributed by atoms with Crippen molar-refractivity contribution in [1.82, 2.24) is 0 Å². The van der Waals surface area contributed by atoms with Gasteiger partial charge < -0.3 is 14.8 Å². The summed E-state index contributed by atoms with van der Waals surface area (Å²) >= 11 is 0. The smallest absolute Gasteiger partial charge is 0.312 e. The minimum absolute atomic E-state index is 0.0459. The van der Waals surface area contributed by atoms with Crippen LogP contribution in [0.15, 0.2) is 42.5 Å². The standard InChI is InChI=1S/C17H18N2O5/c1-11(2)24-14-7-4-12(5-8-14)17(20)18-13-6-9-16(23-3)15(10-13)19(21)22/h4-11H,1-3H3,(H,18,20). The first-order valence-electron chi connectivity index (χ1n) is 7.31. The van der Waals surface area contributed by atoms with E-state index < -0.39 is 4.92 Å². The average Bonchev–Trinajstić information content (AvgIpc) is 2.54. The quantitative estimate of drug-likeness (QED) is 0.645. The van der Waals surface area contributed by atoms with Crippen LogP contribution in [0.4, 0.5) is 11.4 Å². The van der Waals surface area contributed by atoms with Gasteiger partial charge in [-0.05, 0) is 50.2 Å². The Hall–Kier alpha value is -3.09. The summed E-state index contributed by atoms with van der Waals surface area (Å²) in [4.78, 5) is 22.7. The van der Waals surface area contributed by atoms with Gasteiger partial charge in [-0.3, -0.25) is 14.9 Å². The average molecular weight is 330 g/mol. The molecule has 0 fully saturated rings. The number of rotatable bonds is 6. The molecule has 2 rings (SSSR count). The van der Waals surface area contributed by atoms with Crippen molar-refractivity contribution < 1.29 is 19.2 Å². The molecule has 0 saturated heterocycles. The lowest BCUT2D eigenvalue weighted by atomic mass is 10.2. The van der Waals surface area contributed by atoms with E-state index >= 15 is 0 Å². The number of ether oxygens (including phenoxy) is 2. The first kappa shape index (κ1) is 17.3. The number of hydrogen-bond donors (Lipinski definition) is 1. The minimum atomic E-state index is -0.563. The van der Waals surface area contributed by atoms with Crippen LogP contribution >= 0.6 is 0 Å². The summed E-state index contributed by atoms with van der Waals surface area (Å²) in [6.45, 7) is 3.83. The normalized spacial score (nSPS) is 10.3. The van der Waals surface area contributed by atoms with E-state index in [1.165, 1.54) is 19.2 Å². The Kier molecular flexibility index (Phi) is 5.36. The van der Waals surface area contributed by atoms with E-state index in [-0.39, 0.29) is 23.4 Å². The maximum Gasteiger partial charge on any atom is 0.312 e. The highest BCUT2D eigenvalue weighted by atomic mass is 16.6. The van der Waals surface area contributed by atoms with Gasteiger partial charge in [-0.15, -0.1) is 0 Å². The molecule has 7 heteroatoms. The van der Waals surface area contributed by atoms with Crippen molar-refractivity contribution in [2.24, 2.45) is 0 Å². The molecule has 0 aliphatic heterocycles. The summed E-state index contributed by atoms with van der Waals surface area (Å²) in [5.41, 5.74) is 0.524. The number of carbonyl (C=O) groups is 1. The van der Waals surface area contributed by atoms with Gasteiger partial charge in [0.05, 0.1) is 18.1 Å². The molecule has 0 aliphatic rings.